The Morgan fingerprint density at radius 1 is 1.36 bits per heavy atom. The molecule has 4 N–H and O–H groups in total. The van der Waals surface area contributed by atoms with E-state index in [1.54, 1.807) is 0 Å². The highest BCUT2D eigenvalue weighted by Crippen LogP contribution is 2.20. The summed E-state index contributed by atoms with van der Waals surface area (Å²) in [7, 11) is 0. The fourth-order valence-corrected chi connectivity index (χ4v) is 3.57. The second-order valence-corrected chi connectivity index (χ2v) is 7.00. The summed E-state index contributed by atoms with van der Waals surface area (Å²) in [5.74, 6) is -1.26. The molecule has 2 heterocycles. The summed E-state index contributed by atoms with van der Waals surface area (Å²) in [6, 6.07) is -1.93. The van der Waals surface area contributed by atoms with Crippen molar-refractivity contribution in [3.05, 3.63) is 0 Å². The molecule has 0 radical (unpaired) electrons. The van der Waals surface area contributed by atoms with Crippen LogP contribution in [0.2, 0.25) is 0 Å². The maximum Gasteiger partial charge on any atom is 0.245 e. The van der Waals surface area contributed by atoms with E-state index in [2.05, 4.69) is 10.6 Å². The maximum absolute atomic E-state index is 12.8. The number of nitrogens with zero attached hydrogens (tertiary/aromatic N) is 1. The predicted octanol–water partition coefficient (Wildman–Crippen LogP) is -0.338. The largest absolute Gasteiger partial charge is 0.368 e. The smallest absolute Gasteiger partial charge is 0.245 e. The average Bonchev–Trinajstić information content (AvgIpc) is 3.05. The third-order valence-corrected chi connectivity index (χ3v) is 5.05. The zero-order valence-electron chi connectivity index (χ0n) is 14.9. The van der Waals surface area contributed by atoms with Crippen molar-refractivity contribution in [1.29, 1.82) is 0 Å². The lowest BCUT2D eigenvalue weighted by Crippen LogP contribution is -2.58. The van der Waals surface area contributed by atoms with E-state index in [0.717, 1.165) is 6.42 Å². The van der Waals surface area contributed by atoms with Gasteiger partial charge in [0.2, 0.25) is 23.6 Å². The van der Waals surface area contributed by atoms with Crippen molar-refractivity contribution in [2.45, 2.75) is 70.5 Å². The quantitative estimate of drug-likeness (QED) is 0.605. The van der Waals surface area contributed by atoms with E-state index in [-0.39, 0.29) is 23.6 Å². The molecule has 25 heavy (non-hydrogen) atoms. The summed E-state index contributed by atoms with van der Waals surface area (Å²) < 4.78 is 0. The van der Waals surface area contributed by atoms with Crippen molar-refractivity contribution >= 4 is 23.6 Å². The van der Waals surface area contributed by atoms with Crippen LogP contribution in [-0.4, -0.2) is 53.2 Å². The van der Waals surface area contributed by atoms with Crippen molar-refractivity contribution in [1.82, 2.24) is 15.5 Å². The fraction of sp³-hybridized carbons (Fsp3) is 0.765. The third kappa shape index (κ3) is 4.49. The van der Waals surface area contributed by atoms with Crippen LogP contribution in [0.15, 0.2) is 0 Å². The zero-order valence-corrected chi connectivity index (χ0v) is 14.9. The molecule has 0 spiro atoms. The van der Waals surface area contributed by atoms with Gasteiger partial charge < -0.3 is 21.3 Å². The number of hydrogen-bond donors (Lipinski definition) is 3. The summed E-state index contributed by atoms with van der Waals surface area (Å²) in [5, 5.41) is 5.48. The summed E-state index contributed by atoms with van der Waals surface area (Å²) in [6.07, 6.45) is 3.52. The van der Waals surface area contributed by atoms with E-state index in [1.165, 1.54) is 4.90 Å². The van der Waals surface area contributed by atoms with Crippen LogP contribution in [0.1, 0.15) is 52.4 Å². The van der Waals surface area contributed by atoms with Crippen molar-refractivity contribution < 1.29 is 19.2 Å². The normalized spacial score (nSPS) is 27.5. The van der Waals surface area contributed by atoms with Gasteiger partial charge in [-0.25, -0.2) is 0 Å². The van der Waals surface area contributed by atoms with Crippen LogP contribution in [0, 0.1) is 5.92 Å². The van der Waals surface area contributed by atoms with Crippen LogP contribution in [0.3, 0.4) is 0 Å². The minimum atomic E-state index is -0.705. The number of nitrogens with two attached hydrogens (primary N) is 1. The van der Waals surface area contributed by atoms with E-state index >= 15 is 0 Å². The first-order chi connectivity index (χ1) is 11.8. The van der Waals surface area contributed by atoms with Crippen LogP contribution in [-0.2, 0) is 19.2 Å². The Bertz CT molecular complexity index is 551. The molecule has 0 aromatic heterocycles. The summed E-state index contributed by atoms with van der Waals surface area (Å²) >= 11 is 0. The van der Waals surface area contributed by atoms with E-state index < -0.39 is 24.0 Å². The third-order valence-electron chi connectivity index (χ3n) is 5.05. The van der Waals surface area contributed by atoms with Crippen molar-refractivity contribution in [3.8, 4) is 0 Å². The molecule has 0 aromatic carbocycles. The molecule has 0 saturated carbocycles. The summed E-state index contributed by atoms with van der Waals surface area (Å²) in [4.78, 5) is 50.0. The molecular weight excluding hydrogens is 324 g/mol. The molecule has 2 unspecified atom stereocenters. The van der Waals surface area contributed by atoms with Gasteiger partial charge in [-0.2, -0.15) is 0 Å². The van der Waals surface area contributed by atoms with Gasteiger partial charge >= 0.3 is 0 Å². The van der Waals surface area contributed by atoms with E-state index in [1.807, 2.05) is 13.8 Å². The second kappa shape index (κ2) is 8.31. The number of likely N-dealkylation sites (tertiary alicyclic amines) is 1. The first-order valence-electron chi connectivity index (χ1n) is 9.04. The van der Waals surface area contributed by atoms with Gasteiger partial charge in [0, 0.05) is 13.0 Å². The topological polar surface area (TPSA) is 122 Å². The lowest BCUT2D eigenvalue weighted by Gasteiger charge is -2.32. The molecule has 0 aromatic rings. The zero-order chi connectivity index (χ0) is 18.6. The molecule has 2 fully saturated rings. The highest BCUT2D eigenvalue weighted by molar-refractivity contribution is 5.94. The molecule has 8 heteroatoms. The monoisotopic (exact) mass is 352 g/mol. The Balaban J connectivity index is 2.06. The molecule has 2 aliphatic rings. The maximum atomic E-state index is 12.8. The van der Waals surface area contributed by atoms with Gasteiger partial charge in [0.25, 0.3) is 0 Å². The van der Waals surface area contributed by atoms with E-state index in [9.17, 15) is 19.2 Å². The van der Waals surface area contributed by atoms with Gasteiger partial charge in [-0.3, -0.25) is 19.2 Å². The van der Waals surface area contributed by atoms with Crippen molar-refractivity contribution in [2.75, 3.05) is 6.54 Å². The highest BCUT2D eigenvalue weighted by Gasteiger charge is 2.38. The number of nitrogens with one attached hydrogen (secondary N) is 2. The fourth-order valence-electron chi connectivity index (χ4n) is 3.57. The Labute approximate surface area is 147 Å². The highest BCUT2D eigenvalue weighted by atomic mass is 16.2. The Morgan fingerprint density at radius 2 is 2.08 bits per heavy atom. The lowest BCUT2D eigenvalue weighted by molar-refractivity contribution is -0.141. The van der Waals surface area contributed by atoms with Gasteiger partial charge in [0.15, 0.2) is 0 Å². The molecule has 2 rings (SSSR count). The minimum absolute atomic E-state index is 0.0141. The molecule has 8 nitrogen and oxygen atoms in total. The molecule has 4 atom stereocenters. The van der Waals surface area contributed by atoms with Gasteiger partial charge in [-0.1, -0.05) is 20.3 Å². The number of piperidine rings is 1. The first-order valence-corrected chi connectivity index (χ1v) is 9.04. The van der Waals surface area contributed by atoms with Gasteiger partial charge in [-0.15, -0.1) is 0 Å². The van der Waals surface area contributed by atoms with Crippen LogP contribution >= 0.6 is 0 Å². The molecule has 140 valence electrons. The molecule has 4 amide bonds. The Kier molecular flexibility index (Phi) is 6.39. The Hall–Kier alpha value is -2.12. The molecule has 0 bridgehead atoms. The van der Waals surface area contributed by atoms with Gasteiger partial charge in [-0.05, 0) is 31.6 Å². The standard InChI is InChI=1S/C17H28N4O4/c1-3-5-11(17(25)21-9-4-6-12(21)15(18)23)19-16(24)14-10(2)7-8-13(22)20-14/h10-12,14H,3-9H2,1-2H3,(H2,18,23)(H,19,24)(H,20,22)/t10?,11-,12-,14?/m0/s1. The van der Waals surface area contributed by atoms with Gasteiger partial charge in [0.05, 0.1) is 0 Å². The van der Waals surface area contributed by atoms with Crippen LogP contribution in [0.4, 0.5) is 0 Å². The summed E-state index contributed by atoms with van der Waals surface area (Å²) in [6.45, 7) is 4.30. The number of hydrogen-bond acceptors (Lipinski definition) is 4. The number of rotatable bonds is 6. The number of carbonyl (C=O) groups excluding carboxylic acids is 4. The van der Waals surface area contributed by atoms with Crippen molar-refractivity contribution in [2.24, 2.45) is 11.7 Å². The molecule has 2 aliphatic heterocycles. The lowest BCUT2D eigenvalue weighted by atomic mass is 9.91. The SMILES string of the molecule is CCC[C@H](NC(=O)C1NC(=O)CCC1C)C(=O)N1CCC[C@H]1C(N)=O. The predicted molar refractivity (Wildman–Crippen MR) is 91.1 cm³/mol. The minimum Gasteiger partial charge on any atom is -0.368 e. The van der Waals surface area contributed by atoms with E-state index in [0.29, 0.717) is 38.6 Å². The number of amides is 4. The van der Waals surface area contributed by atoms with Crippen LogP contribution < -0.4 is 16.4 Å². The van der Waals surface area contributed by atoms with Crippen LogP contribution in [0.25, 0.3) is 0 Å². The van der Waals surface area contributed by atoms with Crippen molar-refractivity contribution in [3.63, 3.8) is 0 Å². The number of primary amides is 1. The number of carbonyl (C=O) groups is 4. The van der Waals surface area contributed by atoms with Gasteiger partial charge in [0.1, 0.15) is 18.1 Å². The average molecular weight is 352 g/mol. The van der Waals surface area contributed by atoms with Crippen LogP contribution in [0.5, 0.6) is 0 Å². The second-order valence-electron chi connectivity index (χ2n) is 7.00. The molecular formula is C17H28N4O4. The molecule has 0 aliphatic carbocycles. The first kappa shape index (κ1) is 19.2. The Morgan fingerprint density at radius 3 is 2.72 bits per heavy atom. The molecule has 2 saturated heterocycles. The van der Waals surface area contributed by atoms with E-state index in [4.69, 9.17) is 5.73 Å². The summed E-state index contributed by atoms with van der Waals surface area (Å²) in [5.41, 5.74) is 5.38.